The second-order valence-corrected chi connectivity index (χ2v) is 5.53. The highest BCUT2D eigenvalue weighted by Gasteiger charge is 2.18. The van der Waals surface area contributed by atoms with Crippen LogP contribution in [0.4, 0.5) is 0 Å². The standard InChI is InChI=1S/C14H19N3O2/c1-5-8-19-13(18)10-6-7-12-15-11(14(2,3)4)9-17(12)16-10/h6-7,9H,5,8H2,1-4H3. The zero-order valence-electron chi connectivity index (χ0n) is 11.8. The lowest BCUT2D eigenvalue weighted by Gasteiger charge is -2.13. The number of rotatable bonds is 3. The normalized spacial score (nSPS) is 11.8. The topological polar surface area (TPSA) is 56.5 Å². The van der Waals surface area contributed by atoms with Crippen molar-refractivity contribution in [3.8, 4) is 0 Å². The fourth-order valence-electron chi connectivity index (χ4n) is 1.62. The molecule has 0 saturated carbocycles. The van der Waals surface area contributed by atoms with Crippen molar-refractivity contribution in [2.24, 2.45) is 0 Å². The number of fused-ring (bicyclic) bond motifs is 1. The van der Waals surface area contributed by atoms with Crippen LogP contribution in [0.3, 0.4) is 0 Å². The minimum absolute atomic E-state index is 0.0451. The van der Waals surface area contributed by atoms with Crippen molar-refractivity contribution < 1.29 is 9.53 Å². The molecule has 19 heavy (non-hydrogen) atoms. The molecular formula is C14H19N3O2. The van der Waals surface area contributed by atoms with E-state index in [1.807, 2.05) is 13.1 Å². The summed E-state index contributed by atoms with van der Waals surface area (Å²) in [5.41, 5.74) is 1.94. The van der Waals surface area contributed by atoms with Crippen molar-refractivity contribution in [1.29, 1.82) is 0 Å². The second-order valence-electron chi connectivity index (χ2n) is 5.53. The van der Waals surface area contributed by atoms with E-state index >= 15 is 0 Å². The van der Waals surface area contributed by atoms with Crippen LogP contribution < -0.4 is 0 Å². The van der Waals surface area contributed by atoms with Crippen LogP contribution in [0.5, 0.6) is 0 Å². The summed E-state index contributed by atoms with van der Waals surface area (Å²) in [5.74, 6) is -0.394. The molecule has 5 heteroatoms. The first-order valence-corrected chi connectivity index (χ1v) is 6.46. The third kappa shape index (κ3) is 2.92. The Bertz CT molecular complexity index is 596. The van der Waals surface area contributed by atoms with Gasteiger partial charge < -0.3 is 4.74 Å². The van der Waals surface area contributed by atoms with E-state index in [2.05, 4.69) is 30.9 Å². The average Bonchev–Trinajstić information content (AvgIpc) is 2.78. The van der Waals surface area contributed by atoms with E-state index in [1.54, 1.807) is 16.6 Å². The predicted molar refractivity (Wildman–Crippen MR) is 72.3 cm³/mol. The minimum atomic E-state index is -0.394. The molecule has 0 aliphatic heterocycles. The maximum Gasteiger partial charge on any atom is 0.358 e. The fraction of sp³-hybridized carbons (Fsp3) is 0.500. The van der Waals surface area contributed by atoms with Crippen molar-refractivity contribution in [3.05, 3.63) is 29.7 Å². The van der Waals surface area contributed by atoms with Crippen molar-refractivity contribution in [1.82, 2.24) is 14.6 Å². The van der Waals surface area contributed by atoms with Crippen molar-refractivity contribution in [2.45, 2.75) is 39.5 Å². The van der Waals surface area contributed by atoms with Gasteiger partial charge in [-0.2, -0.15) is 5.10 Å². The summed E-state index contributed by atoms with van der Waals surface area (Å²) in [4.78, 5) is 16.2. The van der Waals surface area contributed by atoms with Gasteiger partial charge in [-0.25, -0.2) is 14.3 Å². The monoisotopic (exact) mass is 261 g/mol. The van der Waals surface area contributed by atoms with Crippen molar-refractivity contribution >= 4 is 11.6 Å². The van der Waals surface area contributed by atoms with E-state index in [1.165, 1.54) is 0 Å². The number of carbonyl (C=O) groups is 1. The van der Waals surface area contributed by atoms with Gasteiger partial charge in [-0.3, -0.25) is 0 Å². The summed E-state index contributed by atoms with van der Waals surface area (Å²) in [6.45, 7) is 8.63. The highest BCUT2D eigenvalue weighted by Crippen LogP contribution is 2.21. The van der Waals surface area contributed by atoms with Gasteiger partial charge in [0, 0.05) is 5.41 Å². The Morgan fingerprint density at radius 2 is 2.11 bits per heavy atom. The molecule has 0 N–H and O–H groups in total. The zero-order chi connectivity index (χ0) is 14.0. The Kier molecular flexibility index (Phi) is 3.55. The minimum Gasteiger partial charge on any atom is -0.461 e. The molecule has 2 rings (SSSR count). The van der Waals surface area contributed by atoms with E-state index in [9.17, 15) is 4.79 Å². The van der Waals surface area contributed by atoms with Crippen LogP contribution in [0.25, 0.3) is 5.65 Å². The van der Waals surface area contributed by atoms with Crippen LogP contribution in [0.1, 0.15) is 50.3 Å². The summed E-state index contributed by atoms with van der Waals surface area (Å²) in [7, 11) is 0. The Hall–Kier alpha value is -1.91. The Balaban J connectivity index is 2.33. The van der Waals surface area contributed by atoms with Gasteiger partial charge in [0.1, 0.15) is 0 Å². The van der Waals surface area contributed by atoms with Gasteiger partial charge in [0.15, 0.2) is 11.3 Å². The third-order valence-corrected chi connectivity index (χ3v) is 2.73. The van der Waals surface area contributed by atoms with Gasteiger partial charge in [-0.05, 0) is 18.6 Å². The Labute approximate surface area is 112 Å². The van der Waals surface area contributed by atoms with Crippen LogP contribution in [0.2, 0.25) is 0 Å². The van der Waals surface area contributed by atoms with Gasteiger partial charge in [0.2, 0.25) is 0 Å². The summed E-state index contributed by atoms with van der Waals surface area (Å²) in [6, 6.07) is 3.43. The quantitative estimate of drug-likeness (QED) is 0.797. The lowest BCUT2D eigenvalue weighted by Crippen LogP contribution is -2.11. The lowest BCUT2D eigenvalue weighted by molar-refractivity contribution is 0.0496. The Morgan fingerprint density at radius 1 is 1.37 bits per heavy atom. The van der Waals surface area contributed by atoms with E-state index in [0.29, 0.717) is 12.3 Å². The maximum atomic E-state index is 11.7. The van der Waals surface area contributed by atoms with Crippen LogP contribution >= 0.6 is 0 Å². The fourth-order valence-corrected chi connectivity index (χ4v) is 1.62. The summed E-state index contributed by atoms with van der Waals surface area (Å²) in [6.07, 6.45) is 2.65. The van der Waals surface area contributed by atoms with Crippen LogP contribution in [0, 0.1) is 0 Å². The molecule has 5 nitrogen and oxygen atoms in total. The molecule has 0 aliphatic rings. The number of imidazole rings is 1. The smallest absolute Gasteiger partial charge is 0.358 e. The lowest BCUT2D eigenvalue weighted by atomic mass is 9.93. The van der Waals surface area contributed by atoms with Gasteiger partial charge >= 0.3 is 5.97 Å². The number of ether oxygens (including phenoxy) is 1. The second kappa shape index (κ2) is 4.99. The first-order chi connectivity index (χ1) is 8.91. The van der Waals surface area contributed by atoms with Crippen LogP contribution in [-0.4, -0.2) is 27.2 Å². The molecule has 0 atom stereocenters. The SMILES string of the molecule is CCCOC(=O)c1ccc2nc(C(C)(C)C)cn2n1. The van der Waals surface area contributed by atoms with E-state index < -0.39 is 5.97 Å². The van der Waals surface area contributed by atoms with Gasteiger partial charge in [-0.15, -0.1) is 0 Å². The number of hydrogen-bond acceptors (Lipinski definition) is 4. The molecule has 2 aromatic rings. The molecule has 0 radical (unpaired) electrons. The number of carbonyl (C=O) groups excluding carboxylic acids is 1. The number of esters is 1. The summed E-state index contributed by atoms with van der Waals surface area (Å²) < 4.78 is 6.69. The molecule has 0 aliphatic carbocycles. The van der Waals surface area contributed by atoms with Crippen LogP contribution in [-0.2, 0) is 10.2 Å². The molecule has 2 heterocycles. The third-order valence-electron chi connectivity index (χ3n) is 2.73. The Morgan fingerprint density at radius 3 is 2.74 bits per heavy atom. The van der Waals surface area contributed by atoms with Gasteiger partial charge in [0.25, 0.3) is 0 Å². The maximum absolute atomic E-state index is 11.7. The molecule has 0 spiro atoms. The first-order valence-electron chi connectivity index (χ1n) is 6.46. The molecule has 0 aromatic carbocycles. The molecule has 0 fully saturated rings. The van der Waals surface area contributed by atoms with E-state index in [-0.39, 0.29) is 5.41 Å². The predicted octanol–water partition coefficient (Wildman–Crippen LogP) is 2.59. The molecule has 0 bridgehead atoms. The van der Waals surface area contributed by atoms with Gasteiger partial charge in [0.05, 0.1) is 18.5 Å². The first kappa shape index (κ1) is 13.5. The molecule has 2 aromatic heterocycles. The molecular weight excluding hydrogens is 242 g/mol. The highest BCUT2D eigenvalue weighted by molar-refractivity contribution is 5.87. The largest absolute Gasteiger partial charge is 0.461 e. The summed E-state index contributed by atoms with van der Waals surface area (Å²) >= 11 is 0. The number of nitrogens with zero attached hydrogens (tertiary/aromatic N) is 3. The van der Waals surface area contributed by atoms with Crippen molar-refractivity contribution in [2.75, 3.05) is 6.61 Å². The molecule has 102 valence electrons. The van der Waals surface area contributed by atoms with E-state index in [0.717, 1.165) is 17.8 Å². The van der Waals surface area contributed by atoms with Crippen molar-refractivity contribution in [3.63, 3.8) is 0 Å². The van der Waals surface area contributed by atoms with Gasteiger partial charge in [-0.1, -0.05) is 27.7 Å². The number of aromatic nitrogens is 3. The number of hydrogen-bond donors (Lipinski definition) is 0. The van der Waals surface area contributed by atoms with Crippen LogP contribution in [0.15, 0.2) is 18.3 Å². The van der Waals surface area contributed by atoms with E-state index in [4.69, 9.17) is 4.74 Å². The molecule has 0 amide bonds. The molecule has 0 unspecified atom stereocenters. The summed E-state index contributed by atoms with van der Waals surface area (Å²) in [5, 5.41) is 4.24. The highest BCUT2D eigenvalue weighted by atomic mass is 16.5. The zero-order valence-corrected chi connectivity index (χ0v) is 11.8. The molecule has 0 saturated heterocycles. The average molecular weight is 261 g/mol.